The van der Waals surface area contributed by atoms with Gasteiger partial charge in [0.05, 0.1) is 11.1 Å². The topological polar surface area (TPSA) is 12.4 Å². The van der Waals surface area contributed by atoms with Crippen LogP contribution in [-0.4, -0.2) is 12.8 Å². The van der Waals surface area contributed by atoms with Gasteiger partial charge in [0.2, 0.25) is 0 Å². The third kappa shape index (κ3) is 4.35. The number of halogens is 6. The lowest BCUT2D eigenvalue weighted by molar-refractivity contribution is -0.143. The maximum atomic E-state index is 12.8. The highest BCUT2D eigenvalue weighted by atomic mass is 19.4. The van der Waals surface area contributed by atoms with Crippen molar-refractivity contribution in [2.24, 2.45) is 10.9 Å². The van der Waals surface area contributed by atoms with Crippen LogP contribution in [0.3, 0.4) is 0 Å². The van der Waals surface area contributed by atoms with Gasteiger partial charge in [0.1, 0.15) is 0 Å². The zero-order valence-corrected chi connectivity index (χ0v) is 12.2. The first-order valence-electron chi connectivity index (χ1n) is 6.40. The summed E-state index contributed by atoms with van der Waals surface area (Å²) in [6.45, 7) is 3.35. The molecule has 1 unspecified atom stereocenters. The highest BCUT2D eigenvalue weighted by Crippen LogP contribution is 2.36. The van der Waals surface area contributed by atoms with E-state index in [1.165, 1.54) is 7.05 Å². The fourth-order valence-electron chi connectivity index (χ4n) is 2.08. The first-order chi connectivity index (χ1) is 10.0. The smallest absolute Gasteiger partial charge is 0.292 e. The molecule has 1 aromatic carbocycles. The molecule has 122 valence electrons. The van der Waals surface area contributed by atoms with Gasteiger partial charge in [-0.3, -0.25) is 4.99 Å². The van der Waals surface area contributed by atoms with Gasteiger partial charge in [-0.15, -0.1) is 0 Å². The molecule has 0 saturated carbocycles. The molecular weight excluding hydrogens is 308 g/mol. The monoisotopic (exact) mass is 323 g/mol. The molecule has 22 heavy (non-hydrogen) atoms. The van der Waals surface area contributed by atoms with E-state index >= 15 is 0 Å². The van der Waals surface area contributed by atoms with E-state index in [1.54, 1.807) is 26.0 Å². The number of allylic oxidation sites excluding steroid dienone is 2. The number of rotatable bonds is 3. The van der Waals surface area contributed by atoms with E-state index in [9.17, 15) is 26.3 Å². The Labute approximate surface area is 124 Å². The normalized spacial score (nSPS) is 15.4. The van der Waals surface area contributed by atoms with Crippen molar-refractivity contribution >= 4 is 5.71 Å². The summed E-state index contributed by atoms with van der Waals surface area (Å²) in [5.41, 5.74) is -2.71. The van der Waals surface area contributed by atoms with Crippen LogP contribution in [0.25, 0.3) is 0 Å². The Hall–Kier alpha value is -1.79. The summed E-state index contributed by atoms with van der Waals surface area (Å²) in [6.07, 6.45) is -6.42. The number of aliphatic imine (C=N–C) groups is 1. The Morgan fingerprint density at radius 3 is 1.77 bits per heavy atom. The van der Waals surface area contributed by atoms with Crippen LogP contribution in [0.15, 0.2) is 35.3 Å². The molecule has 1 aromatic rings. The fourth-order valence-corrected chi connectivity index (χ4v) is 2.08. The van der Waals surface area contributed by atoms with Crippen molar-refractivity contribution in [2.75, 3.05) is 7.05 Å². The van der Waals surface area contributed by atoms with Gasteiger partial charge in [0.25, 0.3) is 0 Å². The summed E-state index contributed by atoms with van der Waals surface area (Å²) >= 11 is 0. The second-order valence-electron chi connectivity index (χ2n) is 4.72. The molecule has 0 aliphatic heterocycles. The van der Waals surface area contributed by atoms with Crippen LogP contribution in [0.5, 0.6) is 0 Å². The minimum Gasteiger partial charge on any atom is -0.292 e. The molecule has 0 N–H and O–H groups in total. The van der Waals surface area contributed by atoms with Crippen molar-refractivity contribution in [2.45, 2.75) is 26.2 Å². The molecule has 0 amide bonds. The minimum atomic E-state index is -4.86. The zero-order chi connectivity index (χ0) is 17.1. The van der Waals surface area contributed by atoms with E-state index in [0.717, 1.165) is 0 Å². The average molecular weight is 323 g/mol. The SMILES string of the molecule is C/C=C\C(C)C(=NC)c1cc(C(F)(F)F)cc(C(F)(F)F)c1. The average Bonchev–Trinajstić information content (AvgIpc) is 2.37. The molecule has 0 aliphatic rings. The van der Waals surface area contributed by atoms with E-state index in [4.69, 9.17) is 0 Å². The number of hydrogen-bond donors (Lipinski definition) is 0. The first-order valence-corrected chi connectivity index (χ1v) is 6.40. The van der Waals surface area contributed by atoms with Gasteiger partial charge in [0, 0.05) is 18.7 Å². The predicted octanol–water partition coefficient (Wildman–Crippen LogP) is 5.36. The van der Waals surface area contributed by atoms with Crippen LogP contribution in [0.1, 0.15) is 30.5 Å². The molecule has 0 saturated heterocycles. The lowest BCUT2D eigenvalue weighted by Crippen LogP contribution is -2.16. The van der Waals surface area contributed by atoms with Crippen LogP contribution < -0.4 is 0 Å². The molecule has 0 radical (unpaired) electrons. The maximum absolute atomic E-state index is 12.8. The van der Waals surface area contributed by atoms with Crippen LogP contribution in [-0.2, 0) is 12.4 Å². The van der Waals surface area contributed by atoms with E-state index in [-0.39, 0.29) is 17.3 Å². The Bertz CT molecular complexity index is 548. The van der Waals surface area contributed by atoms with Gasteiger partial charge in [0.15, 0.2) is 0 Å². The second-order valence-corrected chi connectivity index (χ2v) is 4.72. The van der Waals surface area contributed by atoms with Crippen molar-refractivity contribution in [1.82, 2.24) is 0 Å². The van der Waals surface area contributed by atoms with Crippen LogP contribution >= 0.6 is 0 Å². The molecule has 0 aromatic heterocycles. The van der Waals surface area contributed by atoms with Crippen LogP contribution in [0.2, 0.25) is 0 Å². The van der Waals surface area contributed by atoms with E-state index in [2.05, 4.69) is 4.99 Å². The molecule has 1 atom stereocenters. The lowest BCUT2D eigenvalue weighted by Gasteiger charge is -2.17. The number of alkyl halides is 6. The Balaban J connectivity index is 3.53. The fraction of sp³-hybridized carbons (Fsp3) is 0.400. The minimum absolute atomic E-state index is 0.108. The van der Waals surface area contributed by atoms with E-state index in [1.807, 2.05) is 0 Å². The molecule has 1 rings (SSSR count). The molecule has 0 spiro atoms. The molecule has 0 heterocycles. The summed E-state index contributed by atoms with van der Waals surface area (Å²) in [4.78, 5) is 3.85. The van der Waals surface area contributed by atoms with Crippen molar-refractivity contribution in [3.05, 3.63) is 47.0 Å². The largest absolute Gasteiger partial charge is 0.416 e. The van der Waals surface area contributed by atoms with E-state index in [0.29, 0.717) is 12.1 Å². The van der Waals surface area contributed by atoms with Crippen LogP contribution in [0, 0.1) is 5.92 Å². The van der Waals surface area contributed by atoms with Gasteiger partial charge in [-0.1, -0.05) is 19.1 Å². The standard InChI is InChI=1S/C15H15F6N/c1-4-5-9(2)13(22-3)10-6-11(14(16,17)18)8-12(7-10)15(19,20)21/h4-9H,1-3H3/b5-4-,22-13?. The molecular formula is C15H15F6N. The van der Waals surface area contributed by atoms with Crippen molar-refractivity contribution in [1.29, 1.82) is 0 Å². The van der Waals surface area contributed by atoms with Gasteiger partial charge >= 0.3 is 12.4 Å². The lowest BCUT2D eigenvalue weighted by atomic mass is 9.94. The Morgan fingerprint density at radius 2 is 1.45 bits per heavy atom. The summed E-state index contributed by atoms with van der Waals surface area (Å²) < 4.78 is 77.0. The molecule has 7 heteroatoms. The predicted molar refractivity (Wildman–Crippen MR) is 72.9 cm³/mol. The molecule has 1 nitrogen and oxygen atoms in total. The maximum Gasteiger partial charge on any atom is 0.416 e. The number of hydrogen-bond acceptors (Lipinski definition) is 1. The van der Waals surface area contributed by atoms with E-state index < -0.39 is 29.4 Å². The highest BCUT2D eigenvalue weighted by molar-refractivity contribution is 6.03. The highest BCUT2D eigenvalue weighted by Gasteiger charge is 2.37. The van der Waals surface area contributed by atoms with Crippen LogP contribution in [0.4, 0.5) is 26.3 Å². The van der Waals surface area contributed by atoms with Gasteiger partial charge < -0.3 is 0 Å². The third-order valence-electron chi connectivity index (χ3n) is 3.04. The summed E-state index contributed by atoms with van der Waals surface area (Å²) in [5, 5.41) is 0. The third-order valence-corrected chi connectivity index (χ3v) is 3.04. The van der Waals surface area contributed by atoms with Crippen molar-refractivity contribution in [3.8, 4) is 0 Å². The molecule has 0 fully saturated rings. The van der Waals surface area contributed by atoms with Crippen molar-refractivity contribution < 1.29 is 26.3 Å². The second kappa shape index (κ2) is 6.54. The zero-order valence-electron chi connectivity index (χ0n) is 12.2. The van der Waals surface area contributed by atoms with Gasteiger partial charge in [-0.2, -0.15) is 26.3 Å². The van der Waals surface area contributed by atoms with Crippen molar-refractivity contribution in [3.63, 3.8) is 0 Å². The number of nitrogens with zero attached hydrogens (tertiary/aromatic N) is 1. The summed E-state index contributed by atoms with van der Waals surface area (Å²) in [5.74, 6) is -0.403. The van der Waals surface area contributed by atoms with Gasteiger partial charge in [-0.05, 0) is 30.7 Å². The summed E-state index contributed by atoms with van der Waals surface area (Å²) in [6, 6.07) is 1.49. The van der Waals surface area contributed by atoms with Gasteiger partial charge in [-0.25, -0.2) is 0 Å². The Morgan fingerprint density at radius 1 is 1.00 bits per heavy atom. The Kier molecular flexibility index (Phi) is 5.43. The number of benzene rings is 1. The first kappa shape index (κ1) is 18.3. The molecule has 0 bridgehead atoms. The quantitative estimate of drug-likeness (QED) is 0.404. The summed E-state index contributed by atoms with van der Waals surface area (Å²) in [7, 11) is 1.34. The molecule has 0 aliphatic carbocycles.